The van der Waals surface area contributed by atoms with E-state index in [1.54, 1.807) is 18.2 Å². The highest BCUT2D eigenvalue weighted by molar-refractivity contribution is 6.37. The molecule has 7 heteroatoms. The van der Waals surface area contributed by atoms with Crippen molar-refractivity contribution in [2.75, 3.05) is 5.01 Å². The number of halogens is 1. The average Bonchev–Trinajstić information content (AvgIpc) is 3.45. The average molecular weight is 469 g/mol. The molecule has 0 aliphatic carbocycles. The minimum absolute atomic E-state index is 0.0664. The van der Waals surface area contributed by atoms with Gasteiger partial charge in [0, 0.05) is 16.1 Å². The summed E-state index contributed by atoms with van der Waals surface area (Å²) in [4.78, 5) is 25.0. The molecule has 0 unspecified atom stereocenters. The minimum Gasteiger partial charge on any atom is -0.478 e. The van der Waals surface area contributed by atoms with Crippen molar-refractivity contribution in [1.82, 2.24) is 0 Å². The SMILES string of the molecule is O=C(O)c1ccc(Cl)cc1-c1ccc(/C=C2\C(=O)N(c3ccccc3)N=C2c2ccccc2)o1. The number of aromatic carboxylic acids is 1. The Morgan fingerprint density at radius 2 is 1.65 bits per heavy atom. The molecule has 1 aliphatic rings. The fraction of sp³-hybridized carbons (Fsp3) is 0. The van der Waals surface area contributed by atoms with E-state index in [9.17, 15) is 14.7 Å². The van der Waals surface area contributed by atoms with Gasteiger partial charge in [0.2, 0.25) is 0 Å². The third-order valence-electron chi connectivity index (χ3n) is 5.32. The first-order valence-corrected chi connectivity index (χ1v) is 10.8. The Hall–Kier alpha value is -4.42. The van der Waals surface area contributed by atoms with Gasteiger partial charge in [-0.2, -0.15) is 10.1 Å². The van der Waals surface area contributed by atoms with Crippen LogP contribution in [0, 0.1) is 0 Å². The second kappa shape index (κ2) is 8.84. The minimum atomic E-state index is -1.09. The number of carbonyl (C=O) groups excluding carboxylic acids is 1. The Bertz CT molecular complexity index is 1460. The zero-order valence-corrected chi connectivity index (χ0v) is 18.4. The Morgan fingerprint density at radius 3 is 2.35 bits per heavy atom. The van der Waals surface area contributed by atoms with Crippen LogP contribution in [0.1, 0.15) is 21.7 Å². The molecule has 4 aromatic rings. The van der Waals surface area contributed by atoms with Crippen LogP contribution >= 0.6 is 11.6 Å². The van der Waals surface area contributed by atoms with Crippen LogP contribution in [0.2, 0.25) is 5.02 Å². The molecule has 6 nitrogen and oxygen atoms in total. The number of nitrogens with zero attached hydrogens (tertiary/aromatic N) is 2. The number of amides is 1. The molecular weight excluding hydrogens is 452 g/mol. The van der Waals surface area contributed by atoms with Crippen LogP contribution in [0.4, 0.5) is 5.69 Å². The van der Waals surface area contributed by atoms with Crippen molar-refractivity contribution in [2.24, 2.45) is 5.10 Å². The highest BCUT2D eigenvalue weighted by atomic mass is 35.5. The molecule has 0 saturated carbocycles. The van der Waals surface area contributed by atoms with Gasteiger partial charge in [-0.1, -0.05) is 60.1 Å². The van der Waals surface area contributed by atoms with Crippen LogP contribution in [0.5, 0.6) is 0 Å². The summed E-state index contributed by atoms with van der Waals surface area (Å²) in [6, 6.07) is 26.4. The predicted molar refractivity (Wildman–Crippen MR) is 131 cm³/mol. The number of rotatable bonds is 5. The van der Waals surface area contributed by atoms with Crippen LogP contribution < -0.4 is 5.01 Å². The molecule has 1 aliphatic heterocycles. The van der Waals surface area contributed by atoms with Gasteiger partial charge in [-0.05, 0) is 48.5 Å². The summed E-state index contributed by atoms with van der Waals surface area (Å²) in [5.41, 5.74) is 2.73. The second-order valence-electron chi connectivity index (χ2n) is 7.52. The summed E-state index contributed by atoms with van der Waals surface area (Å²) in [5.74, 6) is -0.675. The fourth-order valence-corrected chi connectivity index (χ4v) is 3.89. The summed E-state index contributed by atoms with van der Waals surface area (Å²) in [6.45, 7) is 0. The molecular formula is C27H17ClN2O4. The lowest BCUT2D eigenvalue weighted by molar-refractivity contribution is -0.114. The monoisotopic (exact) mass is 468 g/mol. The Labute approximate surface area is 200 Å². The van der Waals surface area contributed by atoms with Crippen molar-refractivity contribution in [3.8, 4) is 11.3 Å². The van der Waals surface area contributed by atoms with Gasteiger partial charge >= 0.3 is 5.97 Å². The molecule has 2 heterocycles. The summed E-state index contributed by atoms with van der Waals surface area (Å²) in [5, 5.41) is 15.9. The van der Waals surface area contributed by atoms with E-state index in [0.29, 0.717) is 39.1 Å². The Morgan fingerprint density at radius 1 is 0.941 bits per heavy atom. The van der Waals surface area contributed by atoms with E-state index in [0.717, 1.165) is 5.56 Å². The number of hydrogen-bond acceptors (Lipinski definition) is 4. The first-order chi connectivity index (χ1) is 16.5. The van der Waals surface area contributed by atoms with E-state index in [-0.39, 0.29) is 11.5 Å². The van der Waals surface area contributed by atoms with Crippen molar-refractivity contribution in [3.05, 3.63) is 118 Å². The lowest BCUT2D eigenvalue weighted by Crippen LogP contribution is -2.21. The van der Waals surface area contributed by atoms with Crippen molar-refractivity contribution in [2.45, 2.75) is 0 Å². The molecule has 1 N–H and O–H groups in total. The van der Waals surface area contributed by atoms with Gasteiger partial charge in [0.15, 0.2) is 0 Å². The molecule has 5 rings (SSSR count). The van der Waals surface area contributed by atoms with Gasteiger partial charge in [-0.3, -0.25) is 4.79 Å². The van der Waals surface area contributed by atoms with Gasteiger partial charge in [0.25, 0.3) is 5.91 Å². The number of anilines is 1. The second-order valence-corrected chi connectivity index (χ2v) is 7.96. The zero-order chi connectivity index (χ0) is 23.7. The summed E-state index contributed by atoms with van der Waals surface area (Å²) >= 11 is 6.08. The van der Waals surface area contributed by atoms with Crippen LogP contribution in [-0.2, 0) is 4.79 Å². The molecule has 1 aromatic heterocycles. The number of hydrogen-bond donors (Lipinski definition) is 1. The Balaban J connectivity index is 1.58. The molecule has 3 aromatic carbocycles. The van der Waals surface area contributed by atoms with Crippen LogP contribution in [0.3, 0.4) is 0 Å². The third-order valence-corrected chi connectivity index (χ3v) is 5.55. The van der Waals surface area contributed by atoms with Crippen molar-refractivity contribution >= 4 is 41.0 Å². The van der Waals surface area contributed by atoms with Crippen molar-refractivity contribution in [1.29, 1.82) is 0 Å². The van der Waals surface area contributed by atoms with Crippen LogP contribution in [-0.4, -0.2) is 22.7 Å². The largest absolute Gasteiger partial charge is 0.478 e. The molecule has 166 valence electrons. The van der Waals surface area contributed by atoms with E-state index in [1.807, 2.05) is 60.7 Å². The highest BCUT2D eigenvalue weighted by Gasteiger charge is 2.32. The molecule has 1 amide bonds. The van der Waals surface area contributed by atoms with E-state index < -0.39 is 5.97 Å². The van der Waals surface area contributed by atoms with Gasteiger partial charge < -0.3 is 9.52 Å². The molecule has 0 bridgehead atoms. The number of carbonyl (C=O) groups is 2. The van der Waals surface area contributed by atoms with E-state index >= 15 is 0 Å². The summed E-state index contributed by atoms with van der Waals surface area (Å²) in [7, 11) is 0. The quantitative estimate of drug-likeness (QED) is 0.357. The van der Waals surface area contributed by atoms with Gasteiger partial charge in [0.1, 0.15) is 17.2 Å². The van der Waals surface area contributed by atoms with E-state index in [1.165, 1.54) is 23.2 Å². The van der Waals surface area contributed by atoms with Gasteiger partial charge in [-0.25, -0.2) is 4.79 Å². The number of benzene rings is 3. The number of furan rings is 1. The smallest absolute Gasteiger partial charge is 0.336 e. The first-order valence-electron chi connectivity index (χ1n) is 10.4. The molecule has 0 fully saturated rings. The van der Waals surface area contributed by atoms with Crippen LogP contribution in [0.25, 0.3) is 17.4 Å². The lowest BCUT2D eigenvalue weighted by atomic mass is 10.0. The number of carboxylic acids is 1. The molecule has 0 radical (unpaired) electrons. The van der Waals surface area contributed by atoms with Crippen molar-refractivity contribution in [3.63, 3.8) is 0 Å². The highest BCUT2D eigenvalue weighted by Crippen LogP contribution is 2.32. The van der Waals surface area contributed by atoms with E-state index in [4.69, 9.17) is 16.0 Å². The van der Waals surface area contributed by atoms with Crippen LogP contribution in [0.15, 0.2) is 106 Å². The standard InChI is InChI=1S/C27H17ClN2O4/c28-18-11-13-21(27(32)33)22(15-18)24-14-12-20(34-24)16-23-25(17-7-3-1-4-8-17)29-30(26(23)31)19-9-5-2-6-10-19/h1-16H,(H,32,33)/b23-16-. The molecule has 0 atom stereocenters. The Kier molecular flexibility index (Phi) is 5.57. The number of carboxylic acid groups (broad SMARTS) is 1. The van der Waals surface area contributed by atoms with E-state index in [2.05, 4.69) is 5.10 Å². The van der Waals surface area contributed by atoms with Gasteiger partial charge in [0.05, 0.1) is 16.8 Å². The zero-order valence-electron chi connectivity index (χ0n) is 17.7. The van der Waals surface area contributed by atoms with Gasteiger partial charge in [-0.15, -0.1) is 0 Å². The molecule has 0 spiro atoms. The normalized spacial score (nSPS) is 14.5. The first kappa shape index (κ1) is 21.4. The van der Waals surface area contributed by atoms with Crippen molar-refractivity contribution < 1.29 is 19.1 Å². The summed E-state index contributed by atoms with van der Waals surface area (Å²) < 4.78 is 5.93. The maximum Gasteiger partial charge on any atom is 0.336 e. The fourth-order valence-electron chi connectivity index (χ4n) is 3.72. The maximum absolute atomic E-state index is 13.4. The maximum atomic E-state index is 13.4. The third kappa shape index (κ3) is 4.02. The topological polar surface area (TPSA) is 83.1 Å². The number of para-hydroxylation sites is 1. The number of hydrazone groups is 1. The lowest BCUT2D eigenvalue weighted by Gasteiger charge is -2.10. The molecule has 0 saturated heterocycles. The summed E-state index contributed by atoms with van der Waals surface area (Å²) in [6.07, 6.45) is 1.62. The molecule has 34 heavy (non-hydrogen) atoms. The predicted octanol–water partition coefficient (Wildman–Crippen LogP) is 6.13.